The summed E-state index contributed by atoms with van der Waals surface area (Å²) in [6, 6.07) is 11.5. The molecule has 7 heteroatoms. The van der Waals surface area contributed by atoms with Crippen LogP contribution in [0.1, 0.15) is 39.2 Å². The monoisotopic (exact) mass is 487 g/mol. The van der Waals surface area contributed by atoms with Gasteiger partial charge in [0.1, 0.15) is 6.54 Å². The summed E-state index contributed by atoms with van der Waals surface area (Å²) < 4.78 is 0. The average Bonchev–Trinajstić information content (AvgIpc) is 2.63. The van der Waals surface area contributed by atoms with Crippen LogP contribution in [0.4, 0.5) is 0 Å². The van der Waals surface area contributed by atoms with Crippen molar-refractivity contribution in [1.29, 1.82) is 0 Å². The maximum Gasteiger partial charge on any atom is 0.241 e. The van der Waals surface area contributed by atoms with Crippen LogP contribution in [0.2, 0.25) is 0 Å². The van der Waals surface area contributed by atoms with Gasteiger partial charge in [-0.15, -0.1) is 24.0 Å². The molecule has 1 aliphatic rings. The largest absolute Gasteiger partial charge is 0.357 e. The zero-order chi connectivity index (χ0) is 18.8. The number of carbonyl (C=O) groups is 1. The van der Waals surface area contributed by atoms with Gasteiger partial charge in [-0.05, 0) is 39.2 Å². The molecule has 2 unspecified atom stereocenters. The van der Waals surface area contributed by atoms with Gasteiger partial charge in [-0.1, -0.05) is 30.3 Å². The Bertz CT molecular complexity index is 581. The van der Waals surface area contributed by atoms with Gasteiger partial charge in [0.25, 0.3) is 0 Å². The van der Waals surface area contributed by atoms with Gasteiger partial charge in [-0.3, -0.25) is 9.69 Å². The summed E-state index contributed by atoms with van der Waals surface area (Å²) in [7, 11) is 0. The molecule has 27 heavy (non-hydrogen) atoms. The Kier molecular flexibility index (Phi) is 11.3. The fourth-order valence-electron chi connectivity index (χ4n) is 3.32. The van der Waals surface area contributed by atoms with Gasteiger partial charge in [-0.25, -0.2) is 4.99 Å². The molecule has 1 saturated heterocycles. The SMILES string of the molecule is CCNC(=O)CN=C(NCC)NC1CCN(Cc2ccccc2)C(C)C1.I. The Hall–Kier alpha value is -1.35. The van der Waals surface area contributed by atoms with Gasteiger partial charge >= 0.3 is 0 Å². The number of likely N-dealkylation sites (tertiary alicyclic amines) is 1. The normalized spacial score (nSPS) is 20.5. The number of guanidine groups is 1. The smallest absolute Gasteiger partial charge is 0.241 e. The van der Waals surface area contributed by atoms with Crippen molar-refractivity contribution >= 4 is 35.8 Å². The van der Waals surface area contributed by atoms with Crippen LogP contribution >= 0.6 is 24.0 Å². The van der Waals surface area contributed by atoms with Gasteiger partial charge in [0.05, 0.1) is 0 Å². The van der Waals surface area contributed by atoms with Gasteiger partial charge in [0.2, 0.25) is 5.91 Å². The van der Waals surface area contributed by atoms with Crippen molar-refractivity contribution in [2.24, 2.45) is 4.99 Å². The predicted octanol–water partition coefficient (Wildman–Crippen LogP) is 2.35. The van der Waals surface area contributed by atoms with E-state index in [4.69, 9.17) is 0 Å². The molecule has 1 amide bonds. The number of nitrogens with one attached hydrogen (secondary N) is 3. The summed E-state index contributed by atoms with van der Waals surface area (Å²) in [4.78, 5) is 18.6. The molecule has 1 aliphatic heterocycles. The van der Waals surface area contributed by atoms with E-state index >= 15 is 0 Å². The van der Waals surface area contributed by atoms with Crippen LogP contribution < -0.4 is 16.0 Å². The van der Waals surface area contributed by atoms with E-state index in [1.165, 1.54) is 5.56 Å². The molecule has 6 nitrogen and oxygen atoms in total. The highest BCUT2D eigenvalue weighted by Crippen LogP contribution is 2.19. The molecular formula is C20H34IN5O. The number of carbonyl (C=O) groups excluding carboxylic acids is 1. The third-order valence-corrected chi connectivity index (χ3v) is 4.68. The lowest BCUT2D eigenvalue weighted by molar-refractivity contribution is -0.119. The first-order valence-corrected chi connectivity index (χ1v) is 9.71. The number of likely N-dealkylation sites (N-methyl/N-ethyl adjacent to an activating group) is 1. The van der Waals surface area contributed by atoms with E-state index in [9.17, 15) is 4.79 Å². The summed E-state index contributed by atoms with van der Waals surface area (Å²) in [5, 5.41) is 9.51. The van der Waals surface area contributed by atoms with Crippen molar-refractivity contribution in [3.63, 3.8) is 0 Å². The van der Waals surface area contributed by atoms with Crippen LogP contribution in [0.5, 0.6) is 0 Å². The Morgan fingerprint density at radius 3 is 2.52 bits per heavy atom. The first-order chi connectivity index (χ1) is 12.6. The minimum absolute atomic E-state index is 0. The predicted molar refractivity (Wildman–Crippen MR) is 123 cm³/mol. The maximum atomic E-state index is 11.6. The highest BCUT2D eigenvalue weighted by Gasteiger charge is 2.25. The number of piperidine rings is 1. The van der Waals surface area contributed by atoms with Gasteiger partial charge in [-0.2, -0.15) is 0 Å². The molecule has 0 aliphatic carbocycles. The molecule has 1 heterocycles. The second-order valence-corrected chi connectivity index (χ2v) is 6.82. The second kappa shape index (κ2) is 12.9. The van der Waals surface area contributed by atoms with Gasteiger partial charge in [0, 0.05) is 38.3 Å². The minimum Gasteiger partial charge on any atom is -0.357 e. The topological polar surface area (TPSA) is 68.8 Å². The lowest BCUT2D eigenvalue weighted by Gasteiger charge is -2.38. The third-order valence-electron chi connectivity index (χ3n) is 4.68. The Morgan fingerprint density at radius 2 is 1.89 bits per heavy atom. The van der Waals surface area contributed by atoms with E-state index in [0.717, 1.165) is 38.4 Å². The quantitative estimate of drug-likeness (QED) is 0.314. The minimum atomic E-state index is -0.0456. The number of aliphatic imine (C=N–C) groups is 1. The number of hydrogen-bond acceptors (Lipinski definition) is 3. The number of rotatable bonds is 7. The number of halogens is 1. The number of benzene rings is 1. The molecule has 0 bridgehead atoms. The molecule has 2 rings (SSSR count). The van der Waals surface area contributed by atoms with E-state index in [0.29, 0.717) is 18.6 Å². The molecule has 1 fully saturated rings. The lowest BCUT2D eigenvalue weighted by atomic mass is 9.97. The third kappa shape index (κ3) is 8.47. The van der Waals surface area contributed by atoms with Crippen LogP contribution in [0.25, 0.3) is 0 Å². The van der Waals surface area contributed by atoms with Crippen LogP contribution in [0, 0.1) is 0 Å². The summed E-state index contributed by atoms with van der Waals surface area (Å²) in [6.45, 7) is 9.87. The van der Waals surface area contributed by atoms with Crippen molar-refractivity contribution < 1.29 is 4.79 Å². The van der Waals surface area contributed by atoms with E-state index in [1.54, 1.807) is 0 Å². The van der Waals surface area contributed by atoms with Crippen molar-refractivity contribution in [3.8, 4) is 0 Å². The Labute approximate surface area is 180 Å². The first-order valence-electron chi connectivity index (χ1n) is 9.71. The molecule has 0 spiro atoms. The maximum absolute atomic E-state index is 11.6. The van der Waals surface area contributed by atoms with Gasteiger partial charge < -0.3 is 16.0 Å². The van der Waals surface area contributed by atoms with Crippen molar-refractivity contribution in [3.05, 3.63) is 35.9 Å². The molecule has 1 aromatic rings. The number of amides is 1. The van der Waals surface area contributed by atoms with Crippen molar-refractivity contribution in [2.45, 2.75) is 52.2 Å². The van der Waals surface area contributed by atoms with Crippen LogP contribution in [-0.4, -0.2) is 55.0 Å². The van der Waals surface area contributed by atoms with E-state index in [-0.39, 0.29) is 36.4 Å². The number of hydrogen-bond donors (Lipinski definition) is 3. The lowest BCUT2D eigenvalue weighted by Crippen LogP contribution is -2.51. The van der Waals surface area contributed by atoms with Crippen LogP contribution in [0.3, 0.4) is 0 Å². The zero-order valence-corrected chi connectivity index (χ0v) is 19.0. The molecule has 2 atom stereocenters. The molecule has 152 valence electrons. The molecular weight excluding hydrogens is 453 g/mol. The Morgan fingerprint density at radius 1 is 1.19 bits per heavy atom. The van der Waals surface area contributed by atoms with Crippen LogP contribution in [-0.2, 0) is 11.3 Å². The van der Waals surface area contributed by atoms with E-state index in [2.05, 4.69) is 63.1 Å². The summed E-state index contributed by atoms with van der Waals surface area (Å²) in [5.74, 6) is 0.684. The molecule has 0 aromatic heterocycles. The molecule has 0 saturated carbocycles. The van der Waals surface area contributed by atoms with Crippen molar-refractivity contribution in [1.82, 2.24) is 20.9 Å². The highest BCUT2D eigenvalue weighted by atomic mass is 127. The van der Waals surface area contributed by atoms with E-state index in [1.807, 2.05) is 13.8 Å². The fourth-order valence-corrected chi connectivity index (χ4v) is 3.32. The second-order valence-electron chi connectivity index (χ2n) is 6.82. The van der Waals surface area contributed by atoms with Gasteiger partial charge in [0.15, 0.2) is 5.96 Å². The zero-order valence-electron chi connectivity index (χ0n) is 16.7. The first kappa shape index (κ1) is 23.7. The molecule has 3 N–H and O–H groups in total. The average molecular weight is 487 g/mol. The number of nitrogens with zero attached hydrogens (tertiary/aromatic N) is 2. The fraction of sp³-hybridized carbons (Fsp3) is 0.600. The highest BCUT2D eigenvalue weighted by molar-refractivity contribution is 14.0. The Balaban J connectivity index is 0.00000364. The summed E-state index contributed by atoms with van der Waals surface area (Å²) in [5.41, 5.74) is 1.36. The van der Waals surface area contributed by atoms with Crippen LogP contribution in [0.15, 0.2) is 35.3 Å². The van der Waals surface area contributed by atoms with Crippen molar-refractivity contribution in [2.75, 3.05) is 26.2 Å². The van der Waals surface area contributed by atoms with E-state index < -0.39 is 0 Å². The summed E-state index contributed by atoms with van der Waals surface area (Å²) in [6.07, 6.45) is 2.14. The standard InChI is InChI=1S/C20H33N5O.HI/c1-4-21-19(26)14-23-20(22-5-2)24-18-11-12-25(16(3)13-18)15-17-9-7-6-8-10-17;/h6-10,16,18H,4-5,11-15H2,1-3H3,(H,21,26)(H2,22,23,24);1H. The molecule has 0 radical (unpaired) electrons. The molecule has 1 aromatic carbocycles. The summed E-state index contributed by atoms with van der Waals surface area (Å²) >= 11 is 0.